The van der Waals surface area contributed by atoms with E-state index in [0.29, 0.717) is 17.7 Å². The van der Waals surface area contributed by atoms with Crippen molar-refractivity contribution in [3.05, 3.63) is 29.8 Å². The standard InChI is InChI=1S/C17H23NO5/c1-22-13-7-5-12(6-8-13)16(17(20)21)18-15(19)10-9-14-4-2-3-11-23-14/h5-8,14,16H,2-4,9-11H2,1H3,(H,18,19)(H,20,21). The molecule has 6 heteroatoms. The van der Waals surface area contributed by atoms with Crippen LogP contribution in [0.1, 0.15) is 43.7 Å². The molecule has 1 aliphatic heterocycles. The van der Waals surface area contributed by atoms with Gasteiger partial charge in [0, 0.05) is 13.0 Å². The number of carbonyl (C=O) groups excluding carboxylic acids is 1. The predicted molar refractivity (Wildman–Crippen MR) is 84.3 cm³/mol. The van der Waals surface area contributed by atoms with Crippen LogP contribution in [0.5, 0.6) is 5.75 Å². The van der Waals surface area contributed by atoms with Crippen LogP contribution in [0.4, 0.5) is 0 Å². The highest BCUT2D eigenvalue weighted by Crippen LogP contribution is 2.20. The molecule has 1 aromatic rings. The summed E-state index contributed by atoms with van der Waals surface area (Å²) in [5, 5.41) is 11.9. The summed E-state index contributed by atoms with van der Waals surface area (Å²) in [6.07, 6.45) is 4.16. The Kier molecular flexibility index (Phi) is 6.40. The lowest BCUT2D eigenvalue weighted by Gasteiger charge is -2.22. The first-order valence-corrected chi connectivity index (χ1v) is 7.88. The second-order valence-electron chi connectivity index (χ2n) is 5.64. The number of amides is 1. The van der Waals surface area contributed by atoms with Crippen molar-refractivity contribution in [2.75, 3.05) is 13.7 Å². The highest BCUT2D eigenvalue weighted by molar-refractivity contribution is 5.84. The molecule has 0 spiro atoms. The van der Waals surface area contributed by atoms with E-state index in [1.807, 2.05) is 0 Å². The molecular formula is C17H23NO5. The van der Waals surface area contributed by atoms with Gasteiger partial charge in [-0.1, -0.05) is 12.1 Å². The highest BCUT2D eigenvalue weighted by atomic mass is 16.5. The minimum Gasteiger partial charge on any atom is -0.497 e. The van der Waals surface area contributed by atoms with Crippen LogP contribution in [0.2, 0.25) is 0 Å². The van der Waals surface area contributed by atoms with Crippen molar-refractivity contribution in [2.45, 2.75) is 44.2 Å². The normalized spacial score (nSPS) is 18.9. The van der Waals surface area contributed by atoms with Gasteiger partial charge in [0.15, 0.2) is 6.04 Å². The first-order valence-electron chi connectivity index (χ1n) is 7.88. The molecule has 2 N–H and O–H groups in total. The number of hydrogen-bond acceptors (Lipinski definition) is 4. The molecule has 0 saturated carbocycles. The third-order valence-corrected chi connectivity index (χ3v) is 3.97. The number of carboxylic acids is 1. The van der Waals surface area contributed by atoms with Crippen LogP contribution >= 0.6 is 0 Å². The molecular weight excluding hydrogens is 298 g/mol. The zero-order chi connectivity index (χ0) is 16.7. The van der Waals surface area contributed by atoms with Crippen molar-refractivity contribution in [2.24, 2.45) is 0 Å². The lowest BCUT2D eigenvalue weighted by atomic mass is 10.0. The summed E-state index contributed by atoms with van der Waals surface area (Å²) in [7, 11) is 1.54. The summed E-state index contributed by atoms with van der Waals surface area (Å²) in [5.41, 5.74) is 0.514. The third kappa shape index (κ3) is 5.25. The van der Waals surface area contributed by atoms with Gasteiger partial charge in [0.1, 0.15) is 5.75 Å². The summed E-state index contributed by atoms with van der Waals surface area (Å²) in [4.78, 5) is 23.5. The van der Waals surface area contributed by atoms with Gasteiger partial charge in [0.2, 0.25) is 5.91 Å². The maximum absolute atomic E-state index is 12.0. The van der Waals surface area contributed by atoms with Crippen molar-refractivity contribution in [3.63, 3.8) is 0 Å². The second kappa shape index (κ2) is 8.53. The molecule has 23 heavy (non-hydrogen) atoms. The molecule has 1 aliphatic rings. The predicted octanol–water partition coefficient (Wildman–Crippen LogP) is 2.29. The van der Waals surface area contributed by atoms with E-state index in [9.17, 15) is 14.7 Å². The molecule has 0 aromatic heterocycles. The van der Waals surface area contributed by atoms with Crippen molar-refractivity contribution in [1.82, 2.24) is 5.32 Å². The number of carboxylic acid groups (broad SMARTS) is 1. The number of nitrogens with one attached hydrogen (secondary N) is 1. The zero-order valence-electron chi connectivity index (χ0n) is 13.3. The fourth-order valence-corrected chi connectivity index (χ4v) is 2.64. The van der Waals surface area contributed by atoms with Crippen LogP contribution in [0.25, 0.3) is 0 Å². The van der Waals surface area contributed by atoms with Crippen LogP contribution in [-0.4, -0.2) is 36.8 Å². The van der Waals surface area contributed by atoms with Gasteiger partial charge in [-0.25, -0.2) is 4.79 Å². The zero-order valence-corrected chi connectivity index (χ0v) is 13.3. The maximum atomic E-state index is 12.0. The average molecular weight is 321 g/mol. The SMILES string of the molecule is COc1ccc(C(NC(=O)CCC2CCCCO2)C(=O)O)cc1. The molecule has 0 radical (unpaired) electrons. The summed E-state index contributed by atoms with van der Waals surface area (Å²) in [5.74, 6) is -0.724. The Morgan fingerprint density at radius 1 is 1.35 bits per heavy atom. The number of rotatable bonds is 7. The largest absolute Gasteiger partial charge is 0.497 e. The van der Waals surface area contributed by atoms with E-state index in [1.165, 1.54) is 0 Å². The molecule has 6 nitrogen and oxygen atoms in total. The Morgan fingerprint density at radius 3 is 2.65 bits per heavy atom. The van der Waals surface area contributed by atoms with E-state index >= 15 is 0 Å². The lowest BCUT2D eigenvalue weighted by molar-refractivity contribution is -0.142. The van der Waals surface area contributed by atoms with Gasteiger partial charge >= 0.3 is 5.97 Å². The first kappa shape index (κ1) is 17.3. The Balaban J connectivity index is 1.89. The molecule has 126 valence electrons. The number of hydrogen-bond donors (Lipinski definition) is 2. The smallest absolute Gasteiger partial charge is 0.330 e. The molecule has 1 amide bonds. The van der Waals surface area contributed by atoms with Gasteiger partial charge in [-0.3, -0.25) is 4.79 Å². The second-order valence-corrected chi connectivity index (χ2v) is 5.64. The number of ether oxygens (including phenoxy) is 2. The van der Waals surface area contributed by atoms with Crippen LogP contribution in [-0.2, 0) is 14.3 Å². The fraction of sp³-hybridized carbons (Fsp3) is 0.529. The van der Waals surface area contributed by atoms with Crippen LogP contribution in [0, 0.1) is 0 Å². The minimum atomic E-state index is -1.09. The summed E-state index contributed by atoms with van der Waals surface area (Å²) in [6, 6.07) is 5.57. The number of aliphatic carboxylic acids is 1. The van der Waals surface area contributed by atoms with Crippen molar-refractivity contribution >= 4 is 11.9 Å². The van der Waals surface area contributed by atoms with E-state index in [4.69, 9.17) is 9.47 Å². The molecule has 1 fully saturated rings. The quantitative estimate of drug-likeness (QED) is 0.805. The van der Waals surface area contributed by atoms with Crippen LogP contribution in [0.3, 0.4) is 0 Å². The van der Waals surface area contributed by atoms with E-state index < -0.39 is 12.0 Å². The number of carbonyl (C=O) groups is 2. The molecule has 2 unspecified atom stereocenters. The molecule has 0 aliphatic carbocycles. The molecule has 0 bridgehead atoms. The Labute approximate surface area is 135 Å². The van der Waals surface area contributed by atoms with E-state index in [-0.39, 0.29) is 18.4 Å². The summed E-state index contributed by atoms with van der Waals surface area (Å²) < 4.78 is 10.6. The summed E-state index contributed by atoms with van der Waals surface area (Å²) >= 11 is 0. The van der Waals surface area contributed by atoms with E-state index in [2.05, 4.69) is 5.32 Å². The fourth-order valence-electron chi connectivity index (χ4n) is 2.64. The molecule has 1 aromatic carbocycles. The van der Waals surface area contributed by atoms with Crippen molar-refractivity contribution in [1.29, 1.82) is 0 Å². The van der Waals surface area contributed by atoms with Gasteiger partial charge < -0.3 is 19.9 Å². The van der Waals surface area contributed by atoms with Crippen molar-refractivity contribution < 1.29 is 24.2 Å². The monoisotopic (exact) mass is 321 g/mol. The van der Waals surface area contributed by atoms with Gasteiger partial charge in [0.05, 0.1) is 13.2 Å². The minimum absolute atomic E-state index is 0.110. The lowest BCUT2D eigenvalue weighted by Crippen LogP contribution is -2.34. The van der Waals surface area contributed by atoms with Crippen LogP contribution in [0.15, 0.2) is 24.3 Å². The number of methoxy groups -OCH3 is 1. The molecule has 1 saturated heterocycles. The maximum Gasteiger partial charge on any atom is 0.330 e. The average Bonchev–Trinajstić information content (AvgIpc) is 2.58. The highest BCUT2D eigenvalue weighted by Gasteiger charge is 2.23. The number of benzene rings is 1. The van der Waals surface area contributed by atoms with Gasteiger partial charge in [0.25, 0.3) is 0 Å². The van der Waals surface area contributed by atoms with E-state index in [1.54, 1.807) is 31.4 Å². The first-order chi connectivity index (χ1) is 11.1. The molecule has 2 rings (SSSR count). The molecule has 2 atom stereocenters. The van der Waals surface area contributed by atoms with Gasteiger partial charge in [-0.2, -0.15) is 0 Å². The van der Waals surface area contributed by atoms with Crippen molar-refractivity contribution in [3.8, 4) is 5.75 Å². The van der Waals surface area contributed by atoms with Gasteiger partial charge in [-0.05, 0) is 43.4 Å². The van der Waals surface area contributed by atoms with Crippen LogP contribution < -0.4 is 10.1 Å². The Hall–Kier alpha value is -2.08. The summed E-state index contributed by atoms with van der Waals surface area (Å²) in [6.45, 7) is 0.746. The Bertz CT molecular complexity index is 522. The van der Waals surface area contributed by atoms with E-state index in [0.717, 1.165) is 25.9 Å². The van der Waals surface area contributed by atoms with Gasteiger partial charge in [-0.15, -0.1) is 0 Å². The topological polar surface area (TPSA) is 84.9 Å². The Morgan fingerprint density at radius 2 is 2.09 bits per heavy atom. The molecule has 1 heterocycles. The third-order valence-electron chi connectivity index (χ3n) is 3.97.